The van der Waals surface area contributed by atoms with E-state index in [1.165, 1.54) is 4.90 Å². The van der Waals surface area contributed by atoms with E-state index >= 15 is 0 Å². The molecule has 9 heteroatoms. The van der Waals surface area contributed by atoms with Gasteiger partial charge in [-0.15, -0.1) is 0 Å². The summed E-state index contributed by atoms with van der Waals surface area (Å²) in [7, 11) is 0. The summed E-state index contributed by atoms with van der Waals surface area (Å²) in [5.74, 6) is -1.70. The lowest BCUT2D eigenvalue weighted by Crippen LogP contribution is -2.41. The van der Waals surface area contributed by atoms with Gasteiger partial charge in [-0.05, 0) is 30.9 Å². The summed E-state index contributed by atoms with van der Waals surface area (Å²) in [5.41, 5.74) is -0.180. The van der Waals surface area contributed by atoms with Crippen molar-refractivity contribution in [3.63, 3.8) is 0 Å². The zero-order valence-corrected chi connectivity index (χ0v) is 16.4. The van der Waals surface area contributed by atoms with E-state index in [2.05, 4.69) is 10.1 Å². The second kappa shape index (κ2) is 9.11. The average molecular weight is 407 g/mol. The van der Waals surface area contributed by atoms with Crippen LogP contribution in [-0.4, -0.2) is 40.0 Å². The minimum Gasteiger partial charge on any atom is -0.455 e. The molecule has 156 valence electrons. The van der Waals surface area contributed by atoms with Crippen molar-refractivity contribution < 1.29 is 27.6 Å². The van der Waals surface area contributed by atoms with Crippen molar-refractivity contribution in [3.05, 3.63) is 47.1 Å². The van der Waals surface area contributed by atoms with Crippen molar-refractivity contribution in [3.8, 4) is 0 Å². The maximum atomic E-state index is 13.8. The van der Waals surface area contributed by atoms with Crippen molar-refractivity contribution in [2.45, 2.75) is 39.7 Å². The number of carbonyl (C=O) groups excluding carboxylic acids is 2. The van der Waals surface area contributed by atoms with E-state index < -0.39 is 23.5 Å². The first kappa shape index (κ1) is 20.9. The topological polar surface area (TPSA) is 85.5 Å². The minimum absolute atomic E-state index is 0.0934. The van der Waals surface area contributed by atoms with E-state index in [1.54, 1.807) is 0 Å². The van der Waals surface area contributed by atoms with Gasteiger partial charge in [0.05, 0.1) is 11.5 Å². The highest BCUT2D eigenvalue weighted by Gasteiger charge is 2.30. The van der Waals surface area contributed by atoms with Gasteiger partial charge in [0.2, 0.25) is 0 Å². The molecule has 0 bridgehead atoms. The molecule has 1 amide bonds. The fraction of sp³-hybridized carbons (Fsp3) is 0.500. The number of piperidine rings is 1. The average Bonchev–Trinajstić information content (AvgIpc) is 3.12. The van der Waals surface area contributed by atoms with Gasteiger partial charge in [-0.25, -0.2) is 8.78 Å². The molecule has 1 aliphatic rings. The van der Waals surface area contributed by atoms with Crippen LogP contribution in [0, 0.1) is 23.5 Å². The Morgan fingerprint density at radius 2 is 2.00 bits per heavy atom. The number of aromatic nitrogens is 2. The van der Waals surface area contributed by atoms with Crippen LogP contribution in [0.15, 0.2) is 22.7 Å². The summed E-state index contributed by atoms with van der Waals surface area (Å²) in [6.45, 7) is 4.56. The number of rotatable bonds is 6. The molecule has 1 saturated heterocycles. The van der Waals surface area contributed by atoms with Crippen LogP contribution in [-0.2, 0) is 22.6 Å². The molecule has 1 fully saturated rings. The second-order valence-corrected chi connectivity index (χ2v) is 7.50. The van der Waals surface area contributed by atoms with Crippen molar-refractivity contribution in [1.82, 2.24) is 15.0 Å². The summed E-state index contributed by atoms with van der Waals surface area (Å²) < 4.78 is 37.2. The number of amides is 1. The van der Waals surface area contributed by atoms with Crippen molar-refractivity contribution in [2.75, 3.05) is 13.1 Å². The zero-order valence-electron chi connectivity index (χ0n) is 16.4. The minimum atomic E-state index is -0.895. The first-order chi connectivity index (χ1) is 13.8. The molecule has 29 heavy (non-hydrogen) atoms. The highest BCUT2D eigenvalue weighted by Crippen LogP contribution is 2.22. The lowest BCUT2D eigenvalue weighted by atomic mass is 9.96. The first-order valence-electron chi connectivity index (χ1n) is 9.56. The van der Waals surface area contributed by atoms with Crippen LogP contribution < -0.4 is 0 Å². The van der Waals surface area contributed by atoms with Crippen LogP contribution >= 0.6 is 0 Å². The van der Waals surface area contributed by atoms with Gasteiger partial charge >= 0.3 is 5.97 Å². The van der Waals surface area contributed by atoms with Crippen LogP contribution in [0.2, 0.25) is 0 Å². The van der Waals surface area contributed by atoms with Gasteiger partial charge in [-0.1, -0.05) is 19.0 Å². The highest BCUT2D eigenvalue weighted by molar-refractivity contribution is 5.94. The van der Waals surface area contributed by atoms with E-state index in [-0.39, 0.29) is 37.1 Å². The number of hydrogen-bond acceptors (Lipinski definition) is 6. The Morgan fingerprint density at radius 3 is 2.66 bits per heavy atom. The standard InChI is InChI=1S/C20H23F2N3O4/c1-12(2)9-17-23-18(29-24-17)11-28-20(27)13-5-7-25(8-6-13)19(26)15-4-3-14(21)10-16(15)22/h3-4,10,12-13H,5-9,11H2,1-2H3. The monoisotopic (exact) mass is 407 g/mol. The van der Waals surface area contributed by atoms with Crippen LogP contribution in [0.1, 0.15) is 48.8 Å². The summed E-state index contributed by atoms with van der Waals surface area (Å²) in [6.07, 6.45) is 1.48. The molecule has 7 nitrogen and oxygen atoms in total. The predicted octanol–water partition coefficient (Wildman–Crippen LogP) is 3.14. The summed E-state index contributed by atoms with van der Waals surface area (Å²) >= 11 is 0. The molecule has 0 atom stereocenters. The number of likely N-dealkylation sites (tertiary alicyclic amines) is 1. The third-order valence-electron chi connectivity index (χ3n) is 4.72. The van der Waals surface area contributed by atoms with Crippen LogP contribution in [0.5, 0.6) is 0 Å². The van der Waals surface area contributed by atoms with Crippen molar-refractivity contribution in [2.24, 2.45) is 11.8 Å². The fourth-order valence-electron chi connectivity index (χ4n) is 3.20. The van der Waals surface area contributed by atoms with E-state index in [0.29, 0.717) is 37.1 Å². The Hall–Kier alpha value is -2.84. The molecule has 1 aromatic heterocycles. The highest BCUT2D eigenvalue weighted by atomic mass is 19.1. The van der Waals surface area contributed by atoms with Gasteiger partial charge < -0.3 is 14.2 Å². The Morgan fingerprint density at radius 1 is 1.28 bits per heavy atom. The Kier molecular flexibility index (Phi) is 6.56. The maximum absolute atomic E-state index is 13.8. The third-order valence-corrected chi connectivity index (χ3v) is 4.72. The quantitative estimate of drug-likeness (QED) is 0.684. The zero-order chi connectivity index (χ0) is 21.0. The van der Waals surface area contributed by atoms with Crippen LogP contribution in [0.25, 0.3) is 0 Å². The molecule has 3 rings (SSSR count). The molecule has 1 aromatic carbocycles. The van der Waals surface area contributed by atoms with E-state index in [4.69, 9.17) is 9.26 Å². The molecule has 0 saturated carbocycles. The Bertz CT molecular complexity index is 876. The molecule has 1 aliphatic heterocycles. The maximum Gasteiger partial charge on any atom is 0.309 e. The van der Waals surface area contributed by atoms with Gasteiger partial charge in [-0.3, -0.25) is 9.59 Å². The van der Waals surface area contributed by atoms with Crippen molar-refractivity contribution in [1.29, 1.82) is 0 Å². The lowest BCUT2D eigenvalue weighted by molar-refractivity contribution is -0.152. The number of esters is 1. The molecule has 0 radical (unpaired) electrons. The fourth-order valence-corrected chi connectivity index (χ4v) is 3.20. The number of nitrogens with zero attached hydrogens (tertiary/aromatic N) is 3. The van der Waals surface area contributed by atoms with Gasteiger partial charge in [0, 0.05) is 25.6 Å². The predicted molar refractivity (Wildman–Crippen MR) is 97.6 cm³/mol. The number of carbonyl (C=O) groups is 2. The Labute approximate surface area is 167 Å². The number of benzene rings is 1. The van der Waals surface area contributed by atoms with Gasteiger partial charge in [0.1, 0.15) is 11.6 Å². The number of ether oxygens (including phenoxy) is 1. The molecule has 0 unspecified atom stereocenters. The first-order valence-corrected chi connectivity index (χ1v) is 9.56. The van der Waals surface area contributed by atoms with Gasteiger partial charge in [0.15, 0.2) is 12.4 Å². The van der Waals surface area contributed by atoms with Gasteiger partial charge in [-0.2, -0.15) is 4.98 Å². The molecule has 0 N–H and O–H groups in total. The molecule has 2 aromatic rings. The largest absolute Gasteiger partial charge is 0.455 e. The smallest absolute Gasteiger partial charge is 0.309 e. The van der Waals surface area contributed by atoms with Crippen LogP contribution in [0.4, 0.5) is 8.78 Å². The third kappa shape index (κ3) is 5.36. The Balaban J connectivity index is 1.48. The molecular weight excluding hydrogens is 384 g/mol. The van der Waals surface area contributed by atoms with E-state index in [0.717, 1.165) is 12.1 Å². The molecule has 0 aliphatic carbocycles. The molecule has 0 spiro atoms. The van der Waals surface area contributed by atoms with Crippen LogP contribution in [0.3, 0.4) is 0 Å². The second-order valence-electron chi connectivity index (χ2n) is 7.50. The van der Waals surface area contributed by atoms with E-state index in [9.17, 15) is 18.4 Å². The number of hydrogen-bond donors (Lipinski definition) is 0. The number of halogens is 2. The van der Waals surface area contributed by atoms with Crippen molar-refractivity contribution >= 4 is 11.9 Å². The van der Waals surface area contributed by atoms with Gasteiger partial charge in [0.25, 0.3) is 11.8 Å². The van der Waals surface area contributed by atoms with E-state index in [1.807, 2.05) is 13.8 Å². The SMILES string of the molecule is CC(C)Cc1noc(COC(=O)C2CCN(C(=O)c3ccc(F)cc3F)CC2)n1. The normalized spacial score (nSPS) is 15.0. The summed E-state index contributed by atoms with van der Waals surface area (Å²) in [4.78, 5) is 30.3. The molecular formula is C20H23F2N3O4. The summed E-state index contributed by atoms with van der Waals surface area (Å²) in [5, 5.41) is 3.84. The molecule has 2 heterocycles. The summed E-state index contributed by atoms with van der Waals surface area (Å²) in [6, 6.07) is 2.86. The lowest BCUT2D eigenvalue weighted by Gasteiger charge is -2.31.